The summed E-state index contributed by atoms with van der Waals surface area (Å²) in [5.74, 6) is 0.547. The first-order chi connectivity index (χ1) is 19.2. The Kier molecular flexibility index (Phi) is 9.14. The molecule has 11 nitrogen and oxygen atoms in total. The van der Waals surface area contributed by atoms with Gasteiger partial charge >= 0.3 is 0 Å². The minimum Gasteiger partial charge on any atom is -0.493 e. The van der Waals surface area contributed by atoms with E-state index in [4.69, 9.17) is 18.9 Å². The summed E-state index contributed by atoms with van der Waals surface area (Å²) in [6.07, 6.45) is 2.18. The van der Waals surface area contributed by atoms with Crippen LogP contribution in [0.2, 0.25) is 0 Å². The molecule has 216 valence electrons. The Morgan fingerprint density at radius 1 is 1.15 bits per heavy atom. The number of hydrogen-bond donors (Lipinski definition) is 1. The maximum absolute atomic E-state index is 14.1. The Bertz CT molecular complexity index is 1310. The van der Waals surface area contributed by atoms with Crippen LogP contribution in [0.4, 0.5) is 0 Å². The van der Waals surface area contributed by atoms with Crippen molar-refractivity contribution in [2.45, 2.75) is 64.3 Å². The van der Waals surface area contributed by atoms with Gasteiger partial charge in [-0.2, -0.15) is 0 Å². The van der Waals surface area contributed by atoms with Crippen LogP contribution in [-0.4, -0.2) is 77.8 Å². The number of methoxy groups -OCH3 is 3. The van der Waals surface area contributed by atoms with Crippen LogP contribution in [0, 0.1) is 0 Å². The molecule has 1 aliphatic rings. The lowest BCUT2D eigenvalue weighted by Gasteiger charge is -2.36. The van der Waals surface area contributed by atoms with E-state index in [1.54, 1.807) is 21.7 Å². The summed E-state index contributed by atoms with van der Waals surface area (Å²) in [4.78, 5) is 29.8. The highest BCUT2D eigenvalue weighted by atomic mass is 16.5. The van der Waals surface area contributed by atoms with Gasteiger partial charge in [0.15, 0.2) is 11.5 Å². The van der Waals surface area contributed by atoms with E-state index in [1.807, 2.05) is 45.0 Å². The molecule has 2 heterocycles. The smallest absolute Gasteiger partial charge is 0.247 e. The second-order valence-electron chi connectivity index (χ2n) is 10.5. The molecule has 2 aromatic carbocycles. The highest BCUT2D eigenvalue weighted by Gasteiger charge is 2.37. The molecular weight excluding hydrogens is 514 g/mol. The minimum atomic E-state index is -1.01. The van der Waals surface area contributed by atoms with E-state index in [2.05, 4.69) is 15.6 Å². The number of benzene rings is 2. The number of amides is 2. The molecule has 0 unspecified atom stereocenters. The molecule has 1 saturated heterocycles. The highest BCUT2D eigenvalue weighted by Crippen LogP contribution is 2.41. The van der Waals surface area contributed by atoms with Gasteiger partial charge in [0, 0.05) is 18.7 Å². The third-order valence-corrected chi connectivity index (χ3v) is 7.36. The molecule has 0 radical (unpaired) electrons. The van der Waals surface area contributed by atoms with Crippen molar-refractivity contribution >= 4 is 22.8 Å². The number of ether oxygens (including phenoxy) is 4. The molecule has 2 amide bonds. The summed E-state index contributed by atoms with van der Waals surface area (Å²) >= 11 is 0. The lowest BCUT2D eigenvalue weighted by Crippen LogP contribution is -2.52. The summed E-state index contributed by atoms with van der Waals surface area (Å²) in [6.45, 7) is 6.64. The SMILES string of the molecule is CCC(C)(C)NC(=O)[C@@H](c1cc(OC)c(OC)c(OC)c1)N(C[C@H]1CCCO1)C(=O)Cn1nnc2ccccc21. The molecule has 1 fully saturated rings. The third kappa shape index (κ3) is 6.30. The average molecular weight is 554 g/mol. The predicted molar refractivity (Wildman–Crippen MR) is 150 cm³/mol. The fourth-order valence-electron chi connectivity index (χ4n) is 4.83. The molecule has 3 aromatic rings. The zero-order valence-electron chi connectivity index (χ0n) is 24.1. The summed E-state index contributed by atoms with van der Waals surface area (Å²) in [7, 11) is 4.55. The van der Waals surface area contributed by atoms with Gasteiger partial charge in [-0.05, 0) is 62.9 Å². The summed E-state index contributed by atoms with van der Waals surface area (Å²) < 4.78 is 24.2. The number of para-hydroxylation sites is 1. The van der Waals surface area contributed by atoms with Crippen molar-refractivity contribution in [3.63, 3.8) is 0 Å². The monoisotopic (exact) mass is 553 g/mol. The van der Waals surface area contributed by atoms with Gasteiger partial charge in [-0.15, -0.1) is 5.10 Å². The van der Waals surface area contributed by atoms with Gasteiger partial charge in [0.25, 0.3) is 0 Å². The van der Waals surface area contributed by atoms with Crippen molar-refractivity contribution in [1.29, 1.82) is 0 Å². The van der Waals surface area contributed by atoms with Crippen LogP contribution in [0.5, 0.6) is 17.2 Å². The molecule has 0 aliphatic carbocycles. The quantitative estimate of drug-likeness (QED) is 0.362. The van der Waals surface area contributed by atoms with E-state index in [0.717, 1.165) is 18.4 Å². The van der Waals surface area contributed by atoms with Crippen LogP contribution in [-0.2, 0) is 20.9 Å². The molecule has 1 aliphatic heterocycles. The predicted octanol–water partition coefficient (Wildman–Crippen LogP) is 3.51. The number of fused-ring (bicyclic) bond motifs is 1. The molecular formula is C29H39N5O6. The normalized spacial score (nSPS) is 16.0. The van der Waals surface area contributed by atoms with Crippen LogP contribution >= 0.6 is 0 Å². The van der Waals surface area contributed by atoms with E-state index in [-0.39, 0.29) is 31.0 Å². The Morgan fingerprint density at radius 3 is 2.45 bits per heavy atom. The maximum atomic E-state index is 14.1. The first-order valence-electron chi connectivity index (χ1n) is 13.5. The standard InChI is InChI=1S/C29H39N5O6/c1-7-29(2,3)30-28(36)26(19-15-23(37-4)27(39-6)24(16-19)38-5)33(17-20-11-10-14-40-20)25(35)18-34-22-13-9-8-12-21(22)31-32-34/h8-9,12-13,15-16,20,26H,7,10-11,14,17-18H2,1-6H3,(H,30,36)/t20-,26-/m1/s1. The fourth-order valence-corrected chi connectivity index (χ4v) is 4.83. The molecule has 1 N–H and O–H groups in total. The molecule has 1 aromatic heterocycles. The van der Waals surface area contributed by atoms with Crippen LogP contribution in [0.15, 0.2) is 36.4 Å². The van der Waals surface area contributed by atoms with Gasteiger partial charge in [-0.25, -0.2) is 4.68 Å². The largest absolute Gasteiger partial charge is 0.493 e. The number of nitrogens with zero attached hydrogens (tertiary/aromatic N) is 4. The Hall–Kier alpha value is -3.86. The Balaban J connectivity index is 1.81. The van der Waals surface area contributed by atoms with Gasteiger partial charge in [-0.3, -0.25) is 9.59 Å². The van der Waals surface area contributed by atoms with E-state index in [9.17, 15) is 9.59 Å². The van der Waals surface area contributed by atoms with Gasteiger partial charge < -0.3 is 29.2 Å². The van der Waals surface area contributed by atoms with Crippen molar-refractivity contribution in [2.75, 3.05) is 34.5 Å². The maximum Gasteiger partial charge on any atom is 0.247 e. The van der Waals surface area contributed by atoms with Crippen molar-refractivity contribution in [3.8, 4) is 17.2 Å². The summed E-state index contributed by atoms with van der Waals surface area (Å²) in [6, 6.07) is 9.86. The lowest BCUT2D eigenvalue weighted by atomic mass is 9.97. The topological polar surface area (TPSA) is 117 Å². The minimum absolute atomic E-state index is 0.0986. The number of hydrogen-bond acceptors (Lipinski definition) is 8. The van der Waals surface area contributed by atoms with Gasteiger partial charge in [0.2, 0.25) is 17.6 Å². The molecule has 11 heteroatoms. The first kappa shape index (κ1) is 29.1. The van der Waals surface area contributed by atoms with Crippen molar-refractivity contribution < 1.29 is 28.5 Å². The summed E-state index contributed by atoms with van der Waals surface area (Å²) in [5.41, 5.74) is 1.43. The lowest BCUT2D eigenvalue weighted by molar-refractivity contribution is -0.144. The number of carbonyl (C=O) groups is 2. The van der Waals surface area contributed by atoms with E-state index >= 15 is 0 Å². The third-order valence-electron chi connectivity index (χ3n) is 7.36. The Morgan fingerprint density at radius 2 is 1.85 bits per heavy atom. The van der Waals surface area contributed by atoms with E-state index in [0.29, 0.717) is 41.4 Å². The second-order valence-corrected chi connectivity index (χ2v) is 10.5. The van der Waals surface area contributed by atoms with E-state index < -0.39 is 11.6 Å². The molecule has 40 heavy (non-hydrogen) atoms. The van der Waals surface area contributed by atoms with Gasteiger partial charge in [-0.1, -0.05) is 24.3 Å². The van der Waals surface area contributed by atoms with Crippen molar-refractivity contribution in [1.82, 2.24) is 25.2 Å². The molecule has 0 spiro atoms. The molecule has 0 bridgehead atoms. The highest BCUT2D eigenvalue weighted by molar-refractivity contribution is 5.90. The van der Waals surface area contributed by atoms with Crippen molar-refractivity contribution in [3.05, 3.63) is 42.0 Å². The number of carbonyl (C=O) groups excluding carboxylic acids is 2. The molecule has 4 rings (SSSR count). The number of rotatable bonds is 12. The first-order valence-corrected chi connectivity index (χ1v) is 13.5. The second kappa shape index (κ2) is 12.5. The number of aromatic nitrogens is 3. The van der Waals surface area contributed by atoms with E-state index in [1.165, 1.54) is 21.3 Å². The van der Waals surface area contributed by atoms with Crippen LogP contribution in [0.25, 0.3) is 11.0 Å². The van der Waals surface area contributed by atoms with Crippen LogP contribution in [0.1, 0.15) is 51.6 Å². The molecule has 0 saturated carbocycles. The van der Waals surface area contributed by atoms with Crippen LogP contribution < -0.4 is 19.5 Å². The zero-order valence-corrected chi connectivity index (χ0v) is 24.1. The van der Waals surface area contributed by atoms with Crippen molar-refractivity contribution in [2.24, 2.45) is 0 Å². The van der Waals surface area contributed by atoms with Gasteiger partial charge in [0.1, 0.15) is 18.1 Å². The van der Waals surface area contributed by atoms with Crippen LogP contribution in [0.3, 0.4) is 0 Å². The van der Waals surface area contributed by atoms with Gasteiger partial charge in [0.05, 0.1) is 33.0 Å². The molecule has 2 atom stereocenters. The fraction of sp³-hybridized carbons (Fsp3) is 0.517. The Labute approximate surface area is 234 Å². The zero-order chi connectivity index (χ0) is 28.9. The summed E-state index contributed by atoms with van der Waals surface area (Å²) in [5, 5.41) is 11.5. The average Bonchev–Trinajstić information content (AvgIpc) is 3.62. The number of nitrogens with one attached hydrogen (secondary N) is 1.